The van der Waals surface area contributed by atoms with Crippen molar-refractivity contribution in [3.8, 4) is 5.81 Å². The standard InChI is InChI=1S/C7H16FO2P.C6H15O2PS.C5H11N2O2P.C4H10FO2P.C2H7OP.Y/c1-6(7(2,3)4)10-11(5,8)9;1-4-6-10-9(3,7)8-5-2;1-4-9-10(8,5-6)7(2)3;1-4(2)7-8(3,5)6;1-4(2)3;/h6H,1-5H3;4-6H2,1-3H3;4H2,1-3H3;4H,1-3H3;4H,1-2H3;. The minimum Gasteiger partial charge on any atom is -0.327 e. The summed E-state index contributed by atoms with van der Waals surface area (Å²) < 4.78 is 97.5. The molecule has 0 bridgehead atoms. The van der Waals surface area contributed by atoms with Crippen molar-refractivity contribution in [3.63, 3.8) is 0 Å². The van der Waals surface area contributed by atoms with E-state index in [2.05, 4.69) is 11.4 Å². The Morgan fingerprint density at radius 1 is 0.886 bits per heavy atom. The van der Waals surface area contributed by atoms with Gasteiger partial charge in [-0.2, -0.15) is 13.7 Å². The Morgan fingerprint density at radius 2 is 1.25 bits per heavy atom. The zero-order valence-electron chi connectivity index (χ0n) is 29.6. The van der Waals surface area contributed by atoms with E-state index >= 15 is 0 Å². The molecule has 0 fully saturated rings. The van der Waals surface area contributed by atoms with Crippen LogP contribution in [0.4, 0.5) is 8.39 Å². The molecule has 0 heterocycles. The molecule has 0 aromatic rings. The van der Waals surface area contributed by atoms with Crippen LogP contribution in [0.3, 0.4) is 0 Å². The third-order valence-corrected chi connectivity index (χ3v) is 11.3. The van der Waals surface area contributed by atoms with Gasteiger partial charge in [-0.25, -0.2) is 4.67 Å². The molecule has 0 N–H and O–H groups in total. The maximum Gasteiger partial charge on any atom is 0.370 e. The van der Waals surface area contributed by atoms with Crippen LogP contribution in [0.15, 0.2) is 0 Å². The Labute approximate surface area is 297 Å². The molecule has 5 atom stereocenters. The van der Waals surface area contributed by atoms with Gasteiger partial charge in [-0.1, -0.05) is 39.1 Å². The van der Waals surface area contributed by atoms with Gasteiger partial charge >= 0.3 is 22.9 Å². The summed E-state index contributed by atoms with van der Waals surface area (Å²) in [5.41, 5.74) is -0.169. The quantitative estimate of drug-likeness (QED) is 0.172. The van der Waals surface area contributed by atoms with E-state index in [-0.39, 0.29) is 50.3 Å². The molecule has 267 valence electrons. The van der Waals surface area contributed by atoms with Gasteiger partial charge in [0.1, 0.15) is 0 Å². The van der Waals surface area contributed by atoms with E-state index in [1.807, 2.05) is 27.7 Å². The summed E-state index contributed by atoms with van der Waals surface area (Å²) in [5, 5.41) is 8.41. The van der Waals surface area contributed by atoms with E-state index < -0.39 is 37.3 Å². The molecular weight excluding hydrogens is 774 g/mol. The van der Waals surface area contributed by atoms with Crippen molar-refractivity contribution in [1.82, 2.24) is 4.67 Å². The first-order valence-corrected chi connectivity index (χ1v) is 25.1. The summed E-state index contributed by atoms with van der Waals surface area (Å²) in [6.45, 7) is 21.9. The second kappa shape index (κ2) is 29.7. The van der Waals surface area contributed by atoms with Gasteiger partial charge in [-0.15, -0.1) is 0 Å². The number of nitrogens with zero attached hydrogens (tertiary/aromatic N) is 2. The predicted molar refractivity (Wildman–Crippen MR) is 183 cm³/mol. The summed E-state index contributed by atoms with van der Waals surface area (Å²) >= 11 is 1.44. The van der Waals surface area contributed by atoms with Crippen LogP contribution in [0.1, 0.15) is 68.7 Å². The Kier molecular flexibility index (Phi) is 39.1. The molecule has 0 aliphatic rings. The minimum atomic E-state index is -3.82. The summed E-state index contributed by atoms with van der Waals surface area (Å²) in [7, 11) is -8.69. The van der Waals surface area contributed by atoms with Crippen LogP contribution in [0, 0.1) is 16.5 Å². The Balaban J connectivity index is -0.000000105. The fourth-order valence-corrected chi connectivity index (χ4v) is 7.35. The molecule has 0 saturated carbocycles. The molecular formula is C24H59F2N2O9P5SY. The molecule has 0 saturated heterocycles. The van der Waals surface area contributed by atoms with Crippen LogP contribution in [0.2, 0.25) is 0 Å². The first-order valence-electron chi connectivity index (χ1n) is 13.5. The predicted octanol–water partition coefficient (Wildman–Crippen LogP) is 10.5. The van der Waals surface area contributed by atoms with Crippen molar-refractivity contribution in [2.75, 3.05) is 66.4 Å². The maximum absolute atomic E-state index is 12.5. The summed E-state index contributed by atoms with van der Waals surface area (Å²) in [6.07, 6.45) is 0.425. The van der Waals surface area contributed by atoms with Crippen molar-refractivity contribution < 1.29 is 82.0 Å². The van der Waals surface area contributed by atoms with Crippen molar-refractivity contribution in [2.45, 2.75) is 80.9 Å². The van der Waals surface area contributed by atoms with Crippen LogP contribution < -0.4 is 0 Å². The molecule has 0 aromatic carbocycles. The summed E-state index contributed by atoms with van der Waals surface area (Å²) in [4.78, 5) is 0. The zero-order valence-corrected chi connectivity index (χ0v) is 37.8. The van der Waals surface area contributed by atoms with Gasteiger partial charge < -0.3 is 22.7 Å². The third-order valence-electron chi connectivity index (χ3n) is 3.82. The molecule has 0 aromatic heterocycles. The van der Waals surface area contributed by atoms with Crippen molar-refractivity contribution in [3.05, 3.63) is 0 Å². The molecule has 44 heavy (non-hydrogen) atoms. The van der Waals surface area contributed by atoms with Gasteiger partial charge in [0.05, 0.1) is 33.2 Å². The average Bonchev–Trinajstić information content (AvgIpc) is 2.75. The van der Waals surface area contributed by atoms with Gasteiger partial charge in [-0.05, 0) is 73.9 Å². The Morgan fingerprint density at radius 3 is 1.39 bits per heavy atom. The second-order valence-electron chi connectivity index (χ2n) is 10.6. The Bertz CT molecular complexity index is 969. The van der Waals surface area contributed by atoms with Crippen LogP contribution in [-0.2, 0) is 73.6 Å². The molecule has 5 unspecified atom stereocenters. The van der Waals surface area contributed by atoms with Crippen molar-refractivity contribution in [2.24, 2.45) is 5.41 Å². The van der Waals surface area contributed by atoms with Crippen LogP contribution in [0.25, 0.3) is 0 Å². The number of hydrogen-bond acceptors (Lipinski definition) is 11. The first-order chi connectivity index (χ1) is 19.0. The number of halogens is 2. The fourth-order valence-electron chi connectivity index (χ4n) is 1.75. The van der Waals surface area contributed by atoms with Crippen LogP contribution in [0.5, 0.6) is 0 Å². The molecule has 0 rings (SSSR count). The Hall–Kier alpha value is 1.75. The summed E-state index contributed by atoms with van der Waals surface area (Å²) in [5.74, 6) is 2.56. The fraction of sp³-hybridized carbons (Fsp3) is 0.958. The largest absolute Gasteiger partial charge is 0.370 e. The second-order valence-corrected chi connectivity index (χ2v) is 23.3. The normalized spacial score (nSPS) is 16.9. The van der Waals surface area contributed by atoms with E-state index in [9.17, 15) is 31.2 Å². The molecule has 0 spiro atoms. The SMILES string of the molecule is CC(C)OP(C)(=O)F.CC(OP(C)(=O)F)C(C)(C)C.CCCSP(C)(=O)OCC.CCOP(=O)(C#N)N(C)C.C[PH](C)=O.[Y]. The van der Waals surface area contributed by atoms with Gasteiger partial charge in [0.2, 0.25) is 0 Å². The molecule has 0 amide bonds. The molecule has 0 aliphatic carbocycles. The zero-order chi connectivity index (χ0) is 35.9. The van der Waals surface area contributed by atoms with Crippen LogP contribution >= 0.6 is 48.6 Å². The molecule has 20 heteroatoms. The van der Waals surface area contributed by atoms with Crippen LogP contribution in [-0.4, -0.2) is 83.3 Å². The smallest absolute Gasteiger partial charge is 0.327 e. The topological polar surface area (TPSA) is 149 Å². The number of hydrogen-bond donors (Lipinski definition) is 0. The minimum absolute atomic E-state index is 0. The van der Waals surface area contributed by atoms with E-state index in [4.69, 9.17) is 18.8 Å². The average molecular weight is 834 g/mol. The van der Waals surface area contributed by atoms with E-state index in [0.717, 1.165) is 25.5 Å². The maximum atomic E-state index is 12.5. The van der Waals surface area contributed by atoms with E-state index in [1.54, 1.807) is 67.6 Å². The monoisotopic (exact) mass is 833 g/mol. The van der Waals surface area contributed by atoms with E-state index in [0.29, 0.717) is 13.2 Å². The van der Waals surface area contributed by atoms with E-state index in [1.165, 1.54) is 16.1 Å². The van der Waals surface area contributed by atoms with Crippen molar-refractivity contribution >= 4 is 48.6 Å². The first kappa shape index (κ1) is 58.0. The van der Waals surface area contributed by atoms with Gasteiger partial charge in [-0.3, -0.25) is 18.3 Å². The third kappa shape index (κ3) is 50.6. The van der Waals surface area contributed by atoms with Crippen molar-refractivity contribution in [1.29, 1.82) is 5.26 Å². The molecule has 0 aliphatic heterocycles. The van der Waals surface area contributed by atoms with Gasteiger partial charge in [0.15, 0.2) is 5.81 Å². The number of nitriles is 1. The summed E-state index contributed by atoms with van der Waals surface area (Å²) in [6, 6.07) is 0. The molecule has 1 radical (unpaired) electrons. The number of rotatable bonds is 12. The van der Waals surface area contributed by atoms with Gasteiger partial charge in [0, 0.05) is 58.5 Å². The molecule has 11 nitrogen and oxygen atoms in total. The van der Waals surface area contributed by atoms with Gasteiger partial charge in [0.25, 0.3) is 6.57 Å².